The van der Waals surface area contributed by atoms with Crippen molar-refractivity contribution in [1.29, 1.82) is 0 Å². The average Bonchev–Trinajstić information content (AvgIpc) is 2.18. The summed E-state index contributed by atoms with van der Waals surface area (Å²) in [6.45, 7) is 2.34. The molecule has 0 amide bonds. The van der Waals surface area contributed by atoms with Gasteiger partial charge in [0.05, 0.1) is 4.92 Å². The van der Waals surface area contributed by atoms with Crippen LogP contribution in [0, 0.1) is 28.9 Å². The van der Waals surface area contributed by atoms with E-state index in [0.29, 0.717) is 18.5 Å². The van der Waals surface area contributed by atoms with E-state index in [4.69, 9.17) is 5.73 Å². The Morgan fingerprint density at radius 3 is 2.87 bits per heavy atom. The van der Waals surface area contributed by atoms with Gasteiger partial charge in [0, 0.05) is 19.0 Å². The summed E-state index contributed by atoms with van der Waals surface area (Å²) >= 11 is 0. The molecule has 2 N–H and O–H groups in total. The van der Waals surface area contributed by atoms with Gasteiger partial charge >= 0.3 is 0 Å². The van der Waals surface area contributed by atoms with E-state index >= 15 is 0 Å². The zero-order chi connectivity index (χ0) is 11.3. The van der Waals surface area contributed by atoms with Crippen LogP contribution in [-0.4, -0.2) is 11.5 Å². The molecule has 0 heterocycles. The van der Waals surface area contributed by atoms with Gasteiger partial charge in [0.1, 0.15) is 5.56 Å². The van der Waals surface area contributed by atoms with Gasteiger partial charge in [-0.25, -0.2) is 0 Å². The highest BCUT2D eigenvalue weighted by molar-refractivity contribution is 5.52. The molecule has 78 valence electrons. The summed E-state index contributed by atoms with van der Waals surface area (Å²) in [5, 5.41) is 10.7. The van der Waals surface area contributed by atoms with Crippen LogP contribution in [0.25, 0.3) is 0 Å². The largest absolute Gasteiger partial charge is 0.330 e. The smallest absolute Gasteiger partial charge is 0.284 e. The fraction of sp³-hybridized carbons (Fsp3) is 0.273. The van der Waals surface area contributed by atoms with Crippen molar-refractivity contribution in [2.45, 2.75) is 13.3 Å². The Bertz CT molecular complexity index is 430. The maximum atomic E-state index is 10.7. The topological polar surface area (TPSA) is 69.2 Å². The van der Waals surface area contributed by atoms with Gasteiger partial charge in [-0.3, -0.25) is 10.1 Å². The first-order valence-corrected chi connectivity index (χ1v) is 4.59. The number of nitro groups is 1. The van der Waals surface area contributed by atoms with E-state index in [1.807, 2.05) is 6.92 Å². The quantitative estimate of drug-likeness (QED) is 0.452. The van der Waals surface area contributed by atoms with Crippen molar-refractivity contribution < 1.29 is 4.92 Å². The molecule has 0 aliphatic heterocycles. The first-order chi connectivity index (χ1) is 7.15. The van der Waals surface area contributed by atoms with Crippen LogP contribution < -0.4 is 5.73 Å². The normalized spacial score (nSPS) is 9.20. The first kappa shape index (κ1) is 11.2. The predicted molar refractivity (Wildman–Crippen MR) is 58.4 cm³/mol. The monoisotopic (exact) mass is 204 g/mol. The molecule has 1 aromatic rings. The van der Waals surface area contributed by atoms with Gasteiger partial charge in [0.2, 0.25) is 0 Å². The first-order valence-electron chi connectivity index (χ1n) is 4.59. The van der Waals surface area contributed by atoms with E-state index in [1.54, 1.807) is 12.1 Å². The molecule has 0 atom stereocenters. The van der Waals surface area contributed by atoms with Crippen LogP contribution in [0.2, 0.25) is 0 Å². The summed E-state index contributed by atoms with van der Waals surface area (Å²) in [6.07, 6.45) is 0.547. The molecule has 15 heavy (non-hydrogen) atoms. The van der Waals surface area contributed by atoms with Crippen LogP contribution in [0.5, 0.6) is 0 Å². The van der Waals surface area contributed by atoms with Crippen molar-refractivity contribution >= 4 is 5.69 Å². The van der Waals surface area contributed by atoms with E-state index in [2.05, 4.69) is 11.8 Å². The second-order valence-electron chi connectivity index (χ2n) is 3.12. The van der Waals surface area contributed by atoms with Crippen LogP contribution in [0.1, 0.15) is 17.5 Å². The fourth-order valence-electron chi connectivity index (χ4n) is 1.14. The van der Waals surface area contributed by atoms with E-state index < -0.39 is 4.92 Å². The van der Waals surface area contributed by atoms with Crippen molar-refractivity contribution in [3.05, 3.63) is 39.4 Å². The van der Waals surface area contributed by atoms with Crippen LogP contribution in [-0.2, 0) is 0 Å². The number of hydrogen-bond donors (Lipinski definition) is 1. The molecule has 0 saturated heterocycles. The van der Waals surface area contributed by atoms with E-state index in [-0.39, 0.29) is 5.69 Å². The van der Waals surface area contributed by atoms with Crippen molar-refractivity contribution in [1.82, 2.24) is 0 Å². The molecule has 0 saturated carbocycles. The number of nitrogens with two attached hydrogens (primary N) is 1. The van der Waals surface area contributed by atoms with Gasteiger partial charge in [-0.1, -0.05) is 17.9 Å². The molecule has 4 nitrogen and oxygen atoms in total. The highest BCUT2D eigenvalue weighted by atomic mass is 16.6. The summed E-state index contributed by atoms with van der Waals surface area (Å²) in [5.74, 6) is 5.56. The van der Waals surface area contributed by atoms with E-state index in [9.17, 15) is 10.1 Å². The minimum Gasteiger partial charge on any atom is -0.330 e. The van der Waals surface area contributed by atoms with Gasteiger partial charge in [-0.15, -0.1) is 0 Å². The van der Waals surface area contributed by atoms with Crippen LogP contribution >= 0.6 is 0 Å². The molecule has 0 aliphatic carbocycles. The van der Waals surface area contributed by atoms with Crippen LogP contribution in [0.3, 0.4) is 0 Å². The second kappa shape index (κ2) is 5.13. The molecule has 1 rings (SSSR count). The van der Waals surface area contributed by atoms with Gasteiger partial charge in [0.15, 0.2) is 0 Å². The summed E-state index contributed by atoms with van der Waals surface area (Å²) in [4.78, 5) is 10.3. The van der Waals surface area contributed by atoms with Crippen molar-refractivity contribution in [2.24, 2.45) is 5.73 Å². The Morgan fingerprint density at radius 1 is 1.53 bits per heavy atom. The fourth-order valence-corrected chi connectivity index (χ4v) is 1.14. The summed E-state index contributed by atoms with van der Waals surface area (Å²) < 4.78 is 0. The maximum Gasteiger partial charge on any atom is 0.284 e. The lowest BCUT2D eigenvalue weighted by atomic mass is 10.1. The molecule has 0 aliphatic rings. The summed E-state index contributed by atoms with van der Waals surface area (Å²) in [6, 6.07) is 4.88. The molecule has 0 radical (unpaired) electrons. The van der Waals surface area contributed by atoms with E-state index in [1.165, 1.54) is 6.07 Å². The number of hydrogen-bond acceptors (Lipinski definition) is 3. The molecule has 4 heteroatoms. The standard InChI is InChI=1S/C11H12N2O2/c1-9-5-6-11(13(14)15)10(8-9)4-2-3-7-12/h5-6,8H,3,7,12H2,1H3. The zero-order valence-corrected chi connectivity index (χ0v) is 8.49. The lowest BCUT2D eigenvalue weighted by Crippen LogP contribution is -1.96. The van der Waals surface area contributed by atoms with Gasteiger partial charge in [-0.2, -0.15) is 0 Å². The lowest BCUT2D eigenvalue weighted by Gasteiger charge is -1.96. The molecular weight excluding hydrogens is 192 g/mol. The highest BCUT2D eigenvalue weighted by Crippen LogP contribution is 2.18. The Hall–Kier alpha value is -1.86. The minimum atomic E-state index is -0.425. The van der Waals surface area contributed by atoms with Crippen LogP contribution in [0.4, 0.5) is 5.69 Å². The predicted octanol–water partition coefficient (Wildman–Crippen LogP) is 1.60. The minimum absolute atomic E-state index is 0.0464. The molecule has 0 bridgehead atoms. The Morgan fingerprint density at radius 2 is 2.27 bits per heavy atom. The molecule has 0 aromatic heterocycles. The average molecular weight is 204 g/mol. The molecule has 1 aromatic carbocycles. The summed E-state index contributed by atoms with van der Waals surface area (Å²) in [5.41, 5.74) is 6.74. The van der Waals surface area contributed by atoms with Crippen molar-refractivity contribution in [2.75, 3.05) is 6.54 Å². The summed E-state index contributed by atoms with van der Waals surface area (Å²) in [7, 11) is 0. The van der Waals surface area contributed by atoms with Crippen molar-refractivity contribution in [3.8, 4) is 11.8 Å². The molecule has 0 spiro atoms. The van der Waals surface area contributed by atoms with Crippen LogP contribution in [0.15, 0.2) is 18.2 Å². The SMILES string of the molecule is Cc1ccc([N+](=O)[O-])c(C#CCCN)c1. The third-order valence-corrected chi connectivity index (χ3v) is 1.84. The second-order valence-corrected chi connectivity index (χ2v) is 3.12. The number of nitro benzene ring substituents is 1. The van der Waals surface area contributed by atoms with E-state index in [0.717, 1.165) is 5.56 Å². The van der Waals surface area contributed by atoms with Gasteiger partial charge < -0.3 is 5.73 Å². The van der Waals surface area contributed by atoms with Gasteiger partial charge in [0.25, 0.3) is 5.69 Å². The Labute approximate surface area is 88.2 Å². The van der Waals surface area contributed by atoms with Gasteiger partial charge in [-0.05, 0) is 18.6 Å². The van der Waals surface area contributed by atoms with Crippen molar-refractivity contribution in [3.63, 3.8) is 0 Å². The zero-order valence-electron chi connectivity index (χ0n) is 8.49. The number of benzene rings is 1. The number of rotatable bonds is 2. The number of aryl methyl sites for hydroxylation is 1. The number of nitrogens with zero attached hydrogens (tertiary/aromatic N) is 1. The Kier molecular flexibility index (Phi) is 3.83. The Balaban J connectivity index is 3.09. The third-order valence-electron chi connectivity index (χ3n) is 1.84. The molecule has 0 fully saturated rings. The highest BCUT2D eigenvalue weighted by Gasteiger charge is 2.10. The maximum absolute atomic E-state index is 10.7. The lowest BCUT2D eigenvalue weighted by molar-refractivity contribution is -0.385. The molecular formula is C11H12N2O2. The molecule has 0 unspecified atom stereocenters. The third kappa shape index (κ3) is 3.08.